The highest BCUT2D eigenvalue weighted by molar-refractivity contribution is 6.32. The minimum absolute atomic E-state index is 0.0182. The fourth-order valence-electron chi connectivity index (χ4n) is 4.10. The molecule has 0 bridgehead atoms. The van der Waals surface area contributed by atoms with Crippen LogP contribution in [-0.4, -0.2) is 33.9 Å². The van der Waals surface area contributed by atoms with E-state index in [4.69, 9.17) is 27.1 Å². The number of nitrogen functional groups attached to an aromatic ring is 1. The smallest absolute Gasteiger partial charge is 0.218 e. The van der Waals surface area contributed by atoms with E-state index in [1.807, 2.05) is 19.9 Å². The molecule has 156 valence electrons. The standard InChI is InChI=1S/C22H24ClN5O2/c1-11-9-17(23)19(29)13(3)18(11)28-20(25)16(10-24)15-8-12(2)22(27-21(15)28)30-14-4-6-26-7-5-14/h8-9,14,26,29H,4-7,25H2,1-3H3. The number of nitrogens with one attached hydrogen (secondary N) is 1. The average Bonchev–Trinajstić information content (AvgIpc) is 2.98. The Labute approximate surface area is 180 Å². The van der Waals surface area contributed by atoms with E-state index in [0.29, 0.717) is 33.7 Å². The summed E-state index contributed by atoms with van der Waals surface area (Å²) in [7, 11) is 0. The Hall–Kier alpha value is -2.95. The topological polar surface area (TPSA) is 109 Å². The maximum Gasteiger partial charge on any atom is 0.218 e. The van der Waals surface area contributed by atoms with E-state index in [0.717, 1.165) is 37.1 Å². The van der Waals surface area contributed by atoms with Crippen molar-refractivity contribution in [2.24, 2.45) is 0 Å². The van der Waals surface area contributed by atoms with Gasteiger partial charge >= 0.3 is 0 Å². The lowest BCUT2D eigenvalue weighted by molar-refractivity contribution is 0.155. The van der Waals surface area contributed by atoms with Gasteiger partial charge in [0.05, 0.1) is 10.7 Å². The Bertz CT molecular complexity index is 1190. The molecule has 4 N–H and O–H groups in total. The maximum atomic E-state index is 10.4. The summed E-state index contributed by atoms with van der Waals surface area (Å²) in [5.41, 5.74) is 10.2. The predicted octanol–water partition coefficient (Wildman–Crippen LogP) is 3.89. The third-order valence-electron chi connectivity index (χ3n) is 5.68. The van der Waals surface area contributed by atoms with Crippen molar-refractivity contribution >= 4 is 28.5 Å². The second kappa shape index (κ2) is 7.71. The molecule has 7 nitrogen and oxygen atoms in total. The van der Waals surface area contributed by atoms with Crippen molar-refractivity contribution in [2.45, 2.75) is 39.7 Å². The highest BCUT2D eigenvalue weighted by Crippen LogP contribution is 2.39. The number of aromatic hydroxyl groups is 1. The summed E-state index contributed by atoms with van der Waals surface area (Å²) >= 11 is 6.14. The van der Waals surface area contributed by atoms with Crippen molar-refractivity contribution in [2.75, 3.05) is 18.8 Å². The number of phenolic OH excluding ortho intramolecular Hbond substituents is 1. The Morgan fingerprint density at radius 2 is 1.97 bits per heavy atom. The summed E-state index contributed by atoms with van der Waals surface area (Å²) in [6.07, 6.45) is 1.92. The molecule has 3 aromatic rings. The van der Waals surface area contributed by atoms with Gasteiger partial charge in [-0.25, -0.2) is 0 Å². The van der Waals surface area contributed by atoms with E-state index >= 15 is 0 Å². The number of aryl methyl sites for hydroxylation is 2. The fourth-order valence-corrected chi connectivity index (χ4v) is 4.40. The lowest BCUT2D eigenvalue weighted by Gasteiger charge is -2.24. The Kier molecular flexibility index (Phi) is 5.22. The lowest BCUT2D eigenvalue weighted by Crippen LogP contribution is -2.34. The number of halogens is 1. The predicted molar refractivity (Wildman–Crippen MR) is 118 cm³/mol. The molecule has 1 aliphatic heterocycles. The van der Waals surface area contributed by atoms with E-state index in [1.54, 1.807) is 17.6 Å². The molecule has 0 radical (unpaired) electrons. The van der Waals surface area contributed by atoms with Crippen LogP contribution in [0.3, 0.4) is 0 Å². The second-order valence-electron chi connectivity index (χ2n) is 7.75. The van der Waals surface area contributed by atoms with Crippen LogP contribution < -0.4 is 15.8 Å². The van der Waals surface area contributed by atoms with E-state index in [9.17, 15) is 10.4 Å². The number of nitrogens with zero attached hydrogens (tertiary/aromatic N) is 3. The number of hydrogen-bond acceptors (Lipinski definition) is 6. The first kappa shape index (κ1) is 20.3. The average molecular weight is 426 g/mol. The van der Waals surface area contributed by atoms with Gasteiger partial charge in [0, 0.05) is 16.5 Å². The minimum atomic E-state index is -0.0182. The van der Waals surface area contributed by atoms with E-state index < -0.39 is 0 Å². The van der Waals surface area contributed by atoms with Crippen LogP contribution in [0, 0.1) is 32.1 Å². The van der Waals surface area contributed by atoms with Gasteiger partial charge in [0.15, 0.2) is 5.65 Å². The zero-order valence-corrected chi connectivity index (χ0v) is 18.0. The number of nitriles is 1. The van der Waals surface area contributed by atoms with Gasteiger partial charge in [-0.2, -0.15) is 10.2 Å². The van der Waals surface area contributed by atoms with Crippen LogP contribution in [0.1, 0.15) is 35.1 Å². The van der Waals surface area contributed by atoms with Crippen molar-refractivity contribution in [3.63, 3.8) is 0 Å². The molecule has 0 aliphatic carbocycles. The van der Waals surface area contributed by atoms with Gasteiger partial charge in [0.25, 0.3) is 0 Å². The van der Waals surface area contributed by atoms with E-state index in [1.165, 1.54) is 0 Å². The van der Waals surface area contributed by atoms with E-state index in [2.05, 4.69) is 11.4 Å². The van der Waals surface area contributed by atoms with Crippen molar-refractivity contribution in [3.8, 4) is 23.4 Å². The summed E-state index contributed by atoms with van der Waals surface area (Å²) in [5.74, 6) is 0.785. The Morgan fingerprint density at radius 3 is 2.63 bits per heavy atom. The Morgan fingerprint density at radius 1 is 1.27 bits per heavy atom. The summed E-state index contributed by atoms with van der Waals surface area (Å²) in [6.45, 7) is 7.39. The minimum Gasteiger partial charge on any atom is -0.506 e. The van der Waals surface area contributed by atoms with Crippen LogP contribution in [0.25, 0.3) is 16.7 Å². The van der Waals surface area contributed by atoms with Crippen LogP contribution in [0.4, 0.5) is 5.82 Å². The molecule has 2 aromatic heterocycles. The second-order valence-corrected chi connectivity index (χ2v) is 8.16. The largest absolute Gasteiger partial charge is 0.506 e. The molecular formula is C22H24ClN5O2. The number of fused-ring (bicyclic) bond motifs is 1. The zero-order valence-electron chi connectivity index (χ0n) is 17.2. The number of nitrogens with two attached hydrogens (primary N) is 1. The number of ether oxygens (including phenoxy) is 1. The number of benzene rings is 1. The molecule has 4 rings (SSSR count). The first-order chi connectivity index (χ1) is 14.3. The molecule has 0 amide bonds. The van der Waals surface area contributed by atoms with Crippen LogP contribution >= 0.6 is 11.6 Å². The van der Waals surface area contributed by atoms with Gasteiger partial charge in [0.2, 0.25) is 5.88 Å². The van der Waals surface area contributed by atoms with Crippen LogP contribution in [-0.2, 0) is 0 Å². The third kappa shape index (κ3) is 3.22. The van der Waals surface area contributed by atoms with Gasteiger partial charge in [-0.3, -0.25) is 4.57 Å². The molecule has 0 atom stereocenters. The summed E-state index contributed by atoms with van der Waals surface area (Å²) in [5, 5.41) is 24.4. The van der Waals surface area contributed by atoms with Crippen molar-refractivity contribution in [1.29, 1.82) is 5.26 Å². The molecule has 1 aliphatic rings. The number of hydrogen-bond donors (Lipinski definition) is 3. The number of aromatic nitrogens is 2. The van der Waals surface area contributed by atoms with E-state index in [-0.39, 0.29) is 22.7 Å². The molecule has 3 heterocycles. The number of pyridine rings is 1. The van der Waals surface area contributed by atoms with Gasteiger partial charge in [-0.05, 0) is 64.4 Å². The van der Waals surface area contributed by atoms with Crippen LogP contribution in [0.5, 0.6) is 11.6 Å². The number of anilines is 1. The third-order valence-corrected chi connectivity index (χ3v) is 5.97. The summed E-state index contributed by atoms with van der Waals surface area (Å²) < 4.78 is 7.92. The van der Waals surface area contributed by atoms with Gasteiger partial charge < -0.3 is 20.9 Å². The number of phenols is 1. The molecule has 0 spiro atoms. The first-order valence-electron chi connectivity index (χ1n) is 9.91. The molecule has 1 fully saturated rings. The molecule has 1 saturated heterocycles. The van der Waals surface area contributed by atoms with Crippen LogP contribution in [0.15, 0.2) is 12.1 Å². The normalized spacial score (nSPS) is 14.8. The molecule has 0 unspecified atom stereocenters. The molecule has 1 aromatic carbocycles. The zero-order chi connectivity index (χ0) is 21.6. The van der Waals surface area contributed by atoms with Crippen molar-refractivity contribution < 1.29 is 9.84 Å². The van der Waals surface area contributed by atoms with Crippen molar-refractivity contribution in [1.82, 2.24) is 14.9 Å². The fraction of sp³-hybridized carbons (Fsp3) is 0.364. The van der Waals surface area contributed by atoms with Gasteiger partial charge in [-0.15, -0.1) is 0 Å². The molecular weight excluding hydrogens is 402 g/mol. The quantitative estimate of drug-likeness (QED) is 0.587. The summed E-state index contributed by atoms with van der Waals surface area (Å²) in [4.78, 5) is 4.78. The highest BCUT2D eigenvalue weighted by atomic mass is 35.5. The molecule has 0 saturated carbocycles. The lowest BCUT2D eigenvalue weighted by atomic mass is 10.1. The summed E-state index contributed by atoms with van der Waals surface area (Å²) in [6, 6.07) is 5.77. The van der Waals surface area contributed by atoms with Crippen LogP contribution in [0.2, 0.25) is 5.02 Å². The number of rotatable bonds is 3. The highest BCUT2D eigenvalue weighted by Gasteiger charge is 2.24. The number of piperidine rings is 1. The monoisotopic (exact) mass is 425 g/mol. The SMILES string of the molecule is Cc1cc2c(C#N)c(N)n(-c3c(C)cc(Cl)c(O)c3C)c2nc1OC1CCNCC1. The van der Waals surface area contributed by atoms with Crippen molar-refractivity contribution in [3.05, 3.63) is 39.4 Å². The van der Waals surface area contributed by atoms with Gasteiger partial charge in [-0.1, -0.05) is 11.6 Å². The maximum absolute atomic E-state index is 10.4. The first-order valence-corrected chi connectivity index (χ1v) is 10.3. The molecule has 8 heteroatoms. The molecule has 30 heavy (non-hydrogen) atoms. The van der Waals surface area contributed by atoms with Gasteiger partial charge in [0.1, 0.15) is 29.3 Å². The Balaban J connectivity index is 1.96.